The molecule has 0 saturated carbocycles. The molecular weight excluding hydrogens is 306 g/mol. The van der Waals surface area contributed by atoms with Gasteiger partial charge in [0.25, 0.3) is 0 Å². The van der Waals surface area contributed by atoms with Gasteiger partial charge < -0.3 is 10.4 Å². The van der Waals surface area contributed by atoms with Crippen LogP contribution in [0.1, 0.15) is 6.42 Å². The van der Waals surface area contributed by atoms with Crippen molar-refractivity contribution in [3.8, 4) is 0 Å². The molecule has 92 valence electrons. The fraction of sp³-hybridized carbons (Fsp3) is 0.273. The van der Waals surface area contributed by atoms with Gasteiger partial charge >= 0.3 is 5.97 Å². The summed E-state index contributed by atoms with van der Waals surface area (Å²) in [6.45, 7) is 0.176. The number of amides is 1. The van der Waals surface area contributed by atoms with E-state index < -0.39 is 5.97 Å². The Labute approximate surface area is 112 Å². The van der Waals surface area contributed by atoms with Crippen molar-refractivity contribution in [1.29, 1.82) is 0 Å². The van der Waals surface area contributed by atoms with Crippen molar-refractivity contribution < 1.29 is 14.7 Å². The molecule has 1 rings (SSSR count). The Morgan fingerprint density at radius 3 is 2.53 bits per heavy atom. The highest BCUT2D eigenvalue weighted by molar-refractivity contribution is 9.10. The smallest absolute Gasteiger partial charge is 0.305 e. The molecule has 0 atom stereocenters. The number of carbonyl (C=O) groups is 2. The summed E-state index contributed by atoms with van der Waals surface area (Å²) >= 11 is 4.74. The van der Waals surface area contributed by atoms with Crippen LogP contribution in [0.5, 0.6) is 0 Å². The number of hydrogen-bond donors (Lipinski definition) is 2. The molecule has 17 heavy (non-hydrogen) atoms. The molecule has 0 aliphatic carbocycles. The Kier molecular flexibility index (Phi) is 6.07. The average molecular weight is 318 g/mol. The Morgan fingerprint density at radius 1 is 1.29 bits per heavy atom. The number of thioether (sulfide) groups is 1. The maximum absolute atomic E-state index is 11.3. The third-order valence-corrected chi connectivity index (χ3v) is 3.39. The first-order valence-electron chi connectivity index (χ1n) is 4.95. The maximum atomic E-state index is 11.3. The van der Waals surface area contributed by atoms with Gasteiger partial charge in [-0.1, -0.05) is 15.9 Å². The highest BCUT2D eigenvalue weighted by atomic mass is 79.9. The first-order valence-corrected chi connectivity index (χ1v) is 6.72. The van der Waals surface area contributed by atoms with Gasteiger partial charge in [-0.15, -0.1) is 11.8 Å². The van der Waals surface area contributed by atoms with E-state index in [4.69, 9.17) is 5.11 Å². The van der Waals surface area contributed by atoms with Gasteiger partial charge in [0, 0.05) is 15.9 Å². The van der Waals surface area contributed by atoms with Crippen LogP contribution in [0.4, 0.5) is 0 Å². The van der Waals surface area contributed by atoms with Crippen molar-refractivity contribution in [2.45, 2.75) is 11.3 Å². The van der Waals surface area contributed by atoms with E-state index in [0.29, 0.717) is 5.75 Å². The number of carboxylic acid groups (broad SMARTS) is 1. The van der Waals surface area contributed by atoms with Crippen LogP contribution in [0.15, 0.2) is 33.6 Å². The number of aliphatic carboxylic acids is 1. The third kappa shape index (κ3) is 6.33. The monoisotopic (exact) mass is 317 g/mol. The van der Waals surface area contributed by atoms with Crippen LogP contribution in [0.3, 0.4) is 0 Å². The van der Waals surface area contributed by atoms with Gasteiger partial charge in [0.15, 0.2) is 0 Å². The first kappa shape index (κ1) is 14.1. The first-order chi connectivity index (χ1) is 8.08. The zero-order valence-electron chi connectivity index (χ0n) is 8.98. The second-order valence-corrected chi connectivity index (χ2v) is 5.20. The van der Waals surface area contributed by atoms with E-state index >= 15 is 0 Å². The molecule has 0 aliphatic heterocycles. The minimum Gasteiger partial charge on any atom is -0.481 e. The second-order valence-electron chi connectivity index (χ2n) is 3.24. The number of carboxylic acids is 1. The van der Waals surface area contributed by atoms with Crippen molar-refractivity contribution in [1.82, 2.24) is 5.32 Å². The molecule has 0 radical (unpaired) electrons. The van der Waals surface area contributed by atoms with E-state index in [-0.39, 0.29) is 18.9 Å². The van der Waals surface area contributed by atoms with Crippen molar-refractivity contribution in [3.63, 3.8) is 0 Å². The van der Waals surface area contributed by atoms with Crippen LogP contribution >= 0.6 is 27.7 Å². The summed E-state index contributed by atoms with van der Waals surface area (Å²) in [5.41, 5.74) is 0. The fourth-order valence-corrected chi connectivity index (χ4v) is 2.03. The molecule has 0 fully saturated rings. The molecule has 0 unspecified atom stereocenters. The third-order valence-electron chi connectivity index (χ3n) is 1.84. The lowest BCUT2D eigenvalue weighted by molar-refractivity contribution is -0.136. The highest BCUT2D eigenvalue weighted by Crippen LogP contribution is 2.20. The van der Waals surface area contributed by atoms with Crippen molar-refractivity contribution in [3.05, 3.63) is 28.7 Å². The van der Waals surface area contributed by atoms with Gasteiger partial charge in [-0.25, -0.2) is 0 Å². The van der Waals surface area contributed by atoms with Gasteiger partial charge in [-0.2, -0.15) is 0 Å². The molecule has 4 nitrogen and oxygen atoms in total. The lowest BCUT2D eigenvalue weighted by Crippen LogP contribution is -2.27. The van der Waals surface area contributed by atoms with E-state index in [1.807, 2.05) is 24.3 Å². The van der Waals surface area contributed by atoms with Crippen molar-refractivity contribution in [2.75, 3.05) is 12.3 Å². The molecule has 0 spiro atoms. The average Bonchev–Trinajstić information content (AvgIpc) is 2.28. The van der Waals surface area contributed by atoms with Crippen LogP contribution in [-0.2, 0) is 9.59 Å². The summed E-state index contributed by atoms with van der Waals surface area (Å²) in [6.07, 6.45) is -0.0469. The predicted molar refractivity (Wildman–Crippen MR) is 70.1 cm³/mol. The predicted octanol–water partition coefficient (Wildman–Crippen LogP) is 2.13. The van der Waals surface area contributed by atoms with Gasteiger partial charge in [-0.05, 0) is 24.3 Å². The second kappa shape index (κ2) is 7.34. The number of halogens is 1. The number of nitrogens with one attached hydrogen (secondary N) is 1. The van der Waals surface area contributed by atoms with E-state index in [1.165, 1.54) is 11.8 Å². The number of hydrogen-bond acceptors (Lipinski definition) is 3. The topological polar surface area (TPSA) is 66.4 Å². The van der Waals surface area contributed by atoms with E-state index in [9.17, 15) is 9.59 Å². The molecule has 0 heterocycles. The summed E-state index contributed by atoms with van der Waals surface area (Å²) in [5.74, 6) is -0.772. The molecule has 1 aromatic rings. The summed E-state index contributed by atoms with van der Waals surface area (Å²) in [7, 11) is 0. The molecule has 2 N–H and O–H groups in total. The summed E-state index contributed by atoms with van der Waals surface area (Å²) in [5, 5.41) is 10.9. The molecule has 0 aliphatic rings. The van der Waals surface area contributed by atoms with Crippen LogP contribution in [0, 0.1) is 0 Å². The van der Waals surface area contributed by atoms with E-state index in [2.05, 4.69) is 21.2 Å². The van der Waals surface area contributed by atoms with Crippen LogP contribution in [0.25, 0.3) is 0 Å². The minimum absolute atomic E-state index is 0.0469. The minimum atomic E-state index is -0.911. The Balaban J connectivity index is 2.23. The number of carbonyl (C=O) groups excluding carboxylic acids is 1. The van der Waals surface area contributed by atoms with Crippen molar-refractivity contribution in [2.24, 2.45) is 0 Å². The fourth-order valence-electron chi connectivity index (χ4n) is 1.04. The molecule has 0 aromatic heterocycles. The Bertz CT molecular complexity index is 394. The molecule has 6 heteroatoms. The van der Waals surface area contributed by atoms with Gasteiger partial charge in [0.05, 0.1) is 12.2 Å². The summed E-state index contributed by atoms with van der Waals surface area (Å²) in [6, 6.07) is 7.65. The summed E-state index contributed by atoms with van der Waals surface area (Å²) < 4.78 is 0.993. The maximum Gasteiger partial charge on any atom is 0.305 e. The molecule has 0 saturated heterocycles. The molecule has 0 bridgehead atoms. The zero-order chi connectivity index (χ0) is 12.7. The van der Waals surface area contributed by atoms with Crippen molar-refractivity contribution >= 4 is 39.6 Å². The van der Waals surface area contributed by atoms with Gasteiger partial charge in [0.1, 0.15) is 0 Å². The standard InChI is InChI=1S/C11H12BrNO3S/c12-8-1-3-9(4-2-8)17-7-10(14)13-6-5-11(15)16/h1-4H,5-7H2,(H,13,14)(H,15,16). The number of benzene rings is 1. The zero-order valence-corrected chi connectivity index (χ0v) is 11.4. The Morgan fingerprint density at radius 2 is 1.94 bits per heavy atom. The van der Waals surface area contributed by atoms with Crippen LogP contribution < -0.4 is 5.32 Å². The van der Waals surface area contributed by atoms with Gasteiger partial charge in [-0.3, -0.25) is 9.59 Å². The highest BCUT2D eigenvalue weighted by Gasteiger charge is 2.03. The number of rotatable bonds is 6. The lowest BCUT2D eigenvalue weighted by Gasteiger charge is -2.03. The van der Waals surface area contributed by atoms with Crippen LogP contribution in [0.2, 0.25) is 0 Å². The normalized spacial score (nSPS) is 9.94. The summed E-state index contributed by atoms with van der Waals surface area (Å²) in [4.78, 5) is 22.6. The van der Waals surface area contributed by atoms with E-state index in [1.54, 1.807) is 0 Å². The largest absolute Gasteiger partial charge is 0.481 e. The quantitative estimate of drug-likeness (QED) is 0.789. The lowest BCUT2D eigenvalue weighted by atomic mass is 10.4. The Hall–Kier alpha value is -1.01. The SMILES string of the molecule is O=C(O)CCNC(=O)CSc1ccc(Br)cc1. The van der Waals surface area contributed by atoms with E-state index in [0.717, 1.165) is 9.37 Å². The molecule has 1 amide bonds. The van der Waals surface area contributed by atoms with Gasteiger partial charge in [0.2, 0.25) is 5.91 Å². The molecular formula is C11H12BrNO3S. The molecule has 1 aromatic carbocycles. The van der Waals surface area contributed by atoms with Crippen LogP contribution in [-0.4, -0.2) is 29.3 Å².